The Labute approximate surface area is 183 Å². The van der Waals surface area contributed by atoms with E-state index in [-0.39, 0.29) is 11.6 Å². The fourth-order valence-corrected chi connectivity index (χ4v) is 3.36. The molecule has 0 bridgehead atoms. The zero-order chi connectivity index (χ0) is 22.1. The van der Waals surface area contributed by atoms with Gasteiger partial charge in [-0.1, -0.05) is 6.07 Å². The molecule has 1 N–H and O–H groups in total. The van der Waals surface area contributed by atoms with Gasteiger partial charge in [0.2, 0.25) is 0 Å². The molecule has 0 aliphatic carbocycles. The predicted molar refractivity (Wildman–Crippen MR) is 119 cm³/mol. The number of hydrogen-bond acceptors (Lipinski definition) is 6. The zero-order valence-electron chi connectivity index (χ0n) is 17.4. The lowest BCUT2D eigenvalue weighted by Gasteiger charge is -2.07. The van der Waals surface area contributed by atoms with E-state index < -0.39 is 0 Å². The van der Waals surface area contributed by atoms with Crippen LogP contribution in [0.4, 0.5) is 5.69 Å². The minimum atomic E-state index is -0.329. The van der Waals surface area contributed by atoms with Gasteiger partial charge < -0.3 is 10.1 Å². The van der Waals surface area contributed by atoms with Crippen molar-refractivity contribution in [3.63, 3.8) is 0 Å². The fourth-order valence-electron chi connectivity index (χ4n) is 3.36. The van der Waals surface area contributed by atoms with Gasteiger partial charge in [0.05, 0.1) is 12.8 Å². The van der Waals surface area contributed by atoms with Crippen molar-refractivity contribution in [2.45, 2.75) is 6.92 Å². The van der Waals surface area contributed by atoms with Crippen LogP contribution in [-0.4, -0.2) is 42.4 Å². The summed E-state index contributed by atoms with van der Waals surface area (Å²) >= 11 is 0. The Balaban J connectivity index is 1.56. The lowest BCUT2D eigenvalue weighted by atomic mass is 10.2. The number of carbonyl (C=O) groups excluding carboxylic acids is 1. The molecule has 0 unspecified atom stereocenters. The Morgan fingerprint density at radius 3 is 2.69 bits per heavy atom. The molecule has 0 fully saturated rings. The van der Waals surface area contributed by atoms with E-state index in [0.29, 0.717) is 22.9 Å². The minimum Gasteiger partial charge on any atom is -0.497 e. The normalized spacial score (nSPS) is 10.9. The fraction of sp³-hybridized carbons (Fsp3) is 0.0870. The molecular formula is C23H19N7O2. The van der Waals surface area contributed by atoms with E-state index in [1.807, 2.05) is 43.5 Å². The summed E-state index contributed by atoms with van der Waals surface area (Å²) in [5, 5.41) is 11.6. The maximum Gasteiger partial charge on any atom is 0.276 e. The van der Waals surface area contributed by atoms with Crippen molar-refractivity contribution in [3.05, 3.63) is 84.6 Å². The maximum atomic E-state index is 13.0. The Kier molecular flexibility index (Phi) is 4.83. The van der Waals surface area contributed by atoms with Gasteiger partial charge in [0.15, 0.2) is 17.2 Å². The highest BCUT2D eigenvalue weighted by Crippen LogP contribution is 2.25. The monoisotopic (exact) mass is 425 g/mol. The molecule has 9 heteroatoms. The van der Waals surface area contributed by atoms with E-state index in [1.165, 1.54) is 6.33 Å². The standard InChI is InChI=1S/C23H19N7O2/c1-15-4-3-5-22(26-15)30-20(16-6-11-21-24-14-25-29(21)13-16)12-19(28-30)23(31)27-17-7-9-18(32-2)10-8-17/h3-14H,1-2H3,(H,27,31). The van der Waals surface area contributed by atoms with Crippen LogP contribution in [0.5, 0.6) is 5.75 Å². The number of amides is 1. The van der Waals surface area contributed by atoms with Crippen LogP contribution in [-0.2, 0) is 0 Å². The Morgan fingerprint density at radius 1 is 1.06 bits per heavy atom. The second kappa shape index (κ2) is 7.95. The van der Waals surface area contributed by atoms with Crippen LogP contribution in [0.25, 0.3) is 22.7 Å². The number of nitrogens with one attached hydrogen (secondary N) is 1. The number of aromatic nitrogens is 6. The number of benzene rings is 1. The van der Waals surface area contributed by atoms with Gasteiger partial charge in [-0.05, 0) is 61.5 Å². The molecule has 1 aromatic carbocycles. The summed E-state index contributed by atoms with van der Waals surface area (Å²) in [7, 11) is 1.59. The van der Waals surface area contributed by atoms with Gasteiger partial charge in [-0.2, -0.15) is 10.2 Å². The molecule has 5 aromatic rings. The minimum absolute atomic E-state index is 0.262. The van der Waals surface area contributed by atoms with Crippen LogP contribution in [0.2, 0.25) is 0 Å². The second-order valence-electron chi connectivity index (χ2n) is 7.13. The van der Waals surface area contributed by atoms with Gasteiger partial charge in [-0.3, -0.25) is 4.79 Å². The SMILES string of the molecule is COc1ccc(NC(=O)c2cc(-c3ccc4ncnn4c3)n(-c3cccc(C)n3)n2)cc1. The predicted octanol–water partition coefficient (Wildman–Crippen LogP) is 3.55. The molecule has 5 rings (SSSR count). The number of anilines is 1. The van der Waals surface area contributed by atoms with Crippen LogP contribution in [0.3, 0.4) is 0 Å². The number of methoxy groups -OCH3 is 1. The smallest absolute Gasteiger partial charge is 0.276 e. The number of nitrogens with zero attached hydrogens (tertiary/aromatic N) is 6. The molecule has 4 aromatic heterocycles. The van der Waals surface area contributed by atoms with Crippen molar-refractivity contribution in [2.75, 3.05) is 12.4 Å². The third-order valence-corrected chi connectivity index (χ3v) is 4.95. The van der Waals surface area contributed by atoms with Gasteiger partial charge in [0.25, 0.3) is 5.91 Å². The summed E-state index contributed by atoms with van der Waals surface area (Å²) in [4.78, 5) is 21.7. The topological polar surface area (TPSA) is 99.2 Å². The first-order valence-electron chi connectivity index (χ1n) is 9.90. The van der Waals surface area contributed by atoms with Gasteiger partial charge in [0, 0.05) is 23.1 Å². The van der Waals surface area contributed by atoms with E-state index in [1.54, 1.807) is 46.6 Å². The Morgan fingerprint density at radius 2 is 1.91 bits per heavy atom. The number of pyridine rings is 2. The van der Waals surface area contributed by atoms with Gasteiger partial charge >= 0.3 is 0 Å². The van der Waals surface area contributed by atoms with Crippen molar-refractivity contribution in [1.82, 2.24) is 29.4 Å². The largest absolute Gasteiger partial charge is 0.497 e. The first-order valence-corrected chi connectivity index (χ1v) is 9.90. The van der Waals surface area contributed by atoms with Crippen molar-refractivity contribution in [3.8, 4) is 22.8 Å². The van der Waals surface area contributed by atoms with E-state index >= 15 is 0 Å². The van der Waals surface area contributed by atoms with Crippen LogP contribution >= 0.6 is 0 Å². The average molecular weight is 425 g/mol. The number of fused-ring (bicyclic) bond motifs is 1. The maximum absolute atomic E-state index is 13.0. The quantitative estimate of drug-likeness (QED) is 0.462. The molecule has 0 aliphatic heterocycles. The molecule has 0 spiro atoms. The van der Waals surface area contributed by atoms with Crippen LogP contribution in [0.1, 0.15) is 16.2 Å². The lowest BCUT2D eigenvalue weighted by Crippen LogP contribution is -2.13. The average Bonchev–Trinajstić information content (AvgIpc) is 3.46. The molecule has 32 heavy (non-hydrogen) atoms. The molecule has 9 nitrogen and oxygen atoms in total. The van der Waals surface area contributed by atoms with Crippen molar-refractivity contribution < 1.29 is 9.53 Å². The van der Waals surface area contributed by atoms with Crippen molar-refractivity contribution >= 4 is 17.2 Å². The number of hydrogen-bond donors (Lipinski definition) is 1. The molecule has 0 saturated carbocycles. The summed E-state index contributed by atoms with van der Waals surface area (Å²) in [6.45, 7) is 1.91. The van der Waals surface area contributed by atoms with Crippen molar-refractivity contribution in [1.29, 1.82) is 0 Å². The van der Waals surface area contributed by atoms with Gasteiger partial charge in [-0.25, -0.2) is 19.2 Å². The number of carbonyl (C=O) groups is 1. The van der Waals surface area contributed by atoms with Crippen LogP contribution in [0.15, 0.2) is 73.2 Å². The van der Waals surface area contributed by atoms with Crippen LogP contribution < -0.4 is 10.1 Å². The second-order valence-corrected chi connectivity index (χ2v) is 7.13. The van der Waals surface area contributed by atoms with E-state index in [4.69, 9.17) is 4.74 Å². The molecule has 4 heterocycles. The summed E-state index contributed by atoms with van der Waals surface area (Å²) in [6, 6.07) is 18.3. The number of rotatable bonds is 5. The Hall–Kier alpha value is -4.53. The first kappa shape index (κ1) is 19.4. The summed E-state index contributed by atoms with van der Waals surface area (Å²) in [5.41, 5.74) is 4.01. The molecule has 0 aliphatic rings. The highest BCUT2D eigenvalue weighted by Gasteiger charge is 2.18. The Bertz CT molecular complexity index is 1420. The van der Waals surface area contributed by atoms with Gasteiger partial charge in [0.1, 0.15) is 12.1 Å². The van der Waals surface area contributed by atoms with Crippen molar-refractivity contribution in [2.24, 2.45) is 0 Å². The van der Waals surface area contributed by atoms with E-state index in [9.17, 15) is 4.79 Å². The molecule has 0 atom stereocenters. The van der Waals surface area contributed by atoms with E-state index in [2.05, 4.69) is 25.5 Å². The molecule has 158 valence electrons. The van der Waals surface area contributed by atoms with Gasteiger partial charge in [-0.15, -0.1) is 0 Å². The summed E-state index contributed by atoms with van der Waals surface area (Å²) in [5.74, 6) is 0.996. The highest BCUT2D eigenvalue weighted by molar-refractivity contribution is 6.03. The number of ether oxygens (including phenoxy) is 1. The third kappa shape index (κ3) is 3.67. The molecule has 1 amide bonds. The lowest BCUT2D eigenvalue weighted by molar-refractivity contribution is 0.102. The number of aryl methyl sites for hydroxylation is 1. The van der Waals surface area contributed by atoms with E-state index in [0.717, 1.165) is 16.9 Å². The summed E-state index contributed by atoms with van der Waals surface area (Å²) < 4.78 is 8.50. The molecule has 0 radical (unpaired) electrons. The molecular weight excluding hydrogens is 406 g/mol. The first-order chi connectivity index (χ1) is 15.6. The summed E-state index contributed by atoms with van der Waals surface area (Å²) in [6.07, 6.45) is 3.34. The zero-order valence-corrected chi connectivity index (χ0v) is 17.4. The van der Waals surface area contributed by atoms with Crippen LogP contribution in [0, 0.1) is 6.92 Å². The highest BCUT2D eigenvalue weighted by atomic mass is 16.5. The molecule has 0 saturated heterocycles. The third-order valence-electron chi connectivity index (χ3n) is 4.95.